The molecule has 0 radical (unpaired) electrons. The molecular weight excluding hydrogens is 252 g/mol. The van der Waals surface area contributed by atoms with Crippen molar-refractivity contribution in [2.45, 2.75) is 33.1 Å². The lowest BCUT2D eigenvalue weighted by molar-refractivity contribution is 0.593. The van der Waals surface area contributed by atoms with Gasteiger partial charge in [-0.1, -0.05) is 36.8 Å². The van der Waals surface area contributed by atoms with Crippen molar-refractivity contribution in [3.63, 3.8) is 0 Å². The first-order valence-electron chi connectivity index (χ1n) is 6.87. The highest BCUT2D eigenvalue weighted by Gasteiger charge is 2.13. The number of rotatable bonds is 6. The summed E-state index contributed by atoms with van der Waals surface area (Å²) in [5, 5.41) is 6.84. The largest absolute Gasteiger partial charge is 0.316 e. The number of likely N-dealkylation sites (N-methyl/N-ethyl adjacent to an activating group) is 1. The number of benzene rings is 1. The van der Waals surface area contributed by atoms with Crippen LogP contribution in [0.15, 0.2) is 29.6 Å². The summed E-state index contributed by atoms with van der Waals surface area (Å²) in [7, 11) is 0. The molecule has 2 aromatic rings. The normalized spacial score (nSPS) is 12.6. The summed E-state index contributed by atoms with van der Waals surface area (Å²) in [5.74, 6) is 0.506. The Balaban J connectivity index is 2.13. The molecule has 1 heterocycles. The lowest BCUT2D eigenvalue weighted by Gasteiger charge is -2.17. The van der Waals surface area contributed by atoms with Gasteiger partial charge in [0.25, 0.3) is 0 Å². The molecule has 1 aromatic heterocycles. The molecule has 0 aliphatic rings. The molecule has 1 atom stereocenters. The molecule has 1 N–H and O–H groups in total. The Bertz CT molecular complexity index is 502. The Hall–Kier alpha value is -1.19. The monoisotopic (exact) mass is 274 g/mol. The van der Waals surface area contributed by atoms with Crippen molar-refractivity contribution in [3.8, 4) is 0 Å². The van der Waals surface area contributed by atoms with Crippen LogP contribution in [0.1, 0.15) is 34.7 Å². The summed E-state index contributed by atoms with van der Waals surface area (Å²) in [5.41, 5.74) is 3.85. The van der Waals surface area contributed by atoms with Crippen molar-refractivity contribution in [3.05, 3.63) is 51.5 Å². The van der Waals surface area contributed by atoms with E-state index in [-0.39, 0.29) is 0 Å². The van der Waals surface area contributed by atoms with Crippen LogP contribution in [-0.4, -0.2) is 18.1 Å². The summed E-state index contributed by atoms with van der Waals surface area (Å²) in [6.45, 7) is 8.37. The van der Waals surface area contributed by atoms with E-state index in [1.807, 2.05) is 0 Å². The molecule has 3 heteroatoms. The van der Waals surface area contributed by atoms with Gasteiger partial charge in [0.15, 0.2) is 0 Å². The summed E-state index contributed by atoms with van der Waals surface area (Å²) < 4.78 is 0. The van der Waals surface area contributed by atoms with Crippen LogP contribution >= 0.6 is 11.3 Å². The van der Waals surface area contributed by atoms with Crippen LogP contribution < -0.4 is 5.32 Å². The maximum absolute atomic E-state index is 4.59. The van der Waals surface area contributed by atoms with Crippen LogP contribution in [0.2, 0.25) is 0 Å². The van der Waals surface area contributed by atoms with Crippen LogP contribution in [0.3, 0.4) is 0 Å². The van der Waals surface area contributed by atoms with Gasteiger partial charge in [0.1, 0.15) is 0 Å². The molecule has 0 aliphatic heterocycles. The SMILES string of the molecule is CCNCC(Cc1nc(C)cs1)c1ccc(C)cc1. The molecule has 19 heavy (non-hydrogen) atoms. The predicted octanol–water partition coefficient (Wildman–Crippen LogP) is 3.70. The maximum atomic E-state index is 4.59. The first kappa shape index (κ1) is 14.2. The number of nitrogens with one attached hydrogen (secondary N) is 1. The molecule has 0 aliphatic carbocycles. The summed E-state index contributed by atoms with van der Waals surface area (Å²) in [4.78, 5) is 4.59. The quantitative estimate of drug-likeness (QED) is 0.869. The molecule has 0 spiro atoms. The fourth-order valence-electron chi connectivity index (χ4n) is 2.17. The van der Waals surface area contributed by atoms with Crippen LogP contribution in [0.5, 0.6) is 0 Å². The van der Waals surface area contributed by atoms with Gasteiger partial charge in [0.2, 0.25) is 0 Å². The van der Waals surface area contributed by atoms with Crippen molar-refractivity contribution < 1.29 is 0 Å². The van der Waals surface area contributed by atoms with E-state index in [0.29, 0.717) is 5.92 Å². The fraction of sp³-hybridized carbons (Fsp3) is 0.438. The highest BCUT2D eigenvalue weighted by atomic mass is 32.1. The Kier molecular flexibility index (Phi) is 5.11. The van der Waals surface area contributed by atoms with Gasteiger partial charge in [-0.25, -0.2) is 4.98 Å². The molecule has 0 fully saturated rings. The van der Waals surface area contributed by atoms with Gasteiger partial charge in [-0.05, 0) is 26.0 Å². The summed E-state index contributed by atoms with van der Waals surface area (Å²) >= 11 is 1.77. The summed E-state index contributed by atoms with van der Waals surface area (Å²) in [6, 6.07) is 8.89. The lowest BCUT2D eigenvalue weighted by Crippen LogP contribution is -2.22. The smallest absolute Gasteiger partial charge is 0.0934 e. The fourth-order valence-corrected chi connectivity index (χ4v) is 3.03. The first-order valence-corrected chi connectivity index (χ1v) is 7.75. The van der Waals surface area contributed by atoms with Crippen molar-refractivity contribution in [1.29, 1.82) is 0 Å². The third-order valence-corrected chi connectivity index (χ3v) is 4.27. The minimum absolute atomic E-state index is 0.506. The molecule has 0 saturated heterocycles. The highest BCUT2D eigenvalue weighted by Crippen LogP contribution is 2.22. The van der Waals surface area contributed by atoms with Crippen molar-refractivity contribution >= 4 is 11.3 Å². The van der Waals surface area contributed by atoms with E-state index in [0.717, 1.165) is 25.2 Å². The van der Waals surface area contributed by atoms with E-state index in [2.05, 4.69) is 60.7 Å². The van der Waals surface area contributed by atoms with E-state index >= 15 is 0 Å². The first-order chi connectivity index (χ1) is 9.19. The topological polar surface area (TPSA) is 24.9 Å². The van der Waals surface area contributed by atoms with E-state index < -0.39 is 0 Å². The van der Waals surface area contributed by atoms with E-state index in [4.69, 9.17) is 0 Å². The number of hydrogen-bond donors (Lipinski definition) is 1. The van der Waals surface area contributed by atoms with Crippen molar-refractivity contribution in [2.75, 3.05) is 13.1 Å². The van der Waals surface area contributed by atoms with E-state index in [9.17, 15) is 0 Å². The molecule has 2 nitrogen and oxygen atoms in total. The second kappa shape index (κ2) is 6.83. The third kappa shape index (κ3) is 4.15. The van der Waals surface area contributed by atoms with Gasteiger partial charge in [-0.2, -0.15) is 0 Å². The van der Waals surface area contributed by atoms with Crippen molar-refractivity contribution in [1.82, 2.24) is 10.3 Å². The molecule has 0 saturated carbocycles. The van der Waals surface area contributed by atoms with E-state index in [1.165, 1.54) is 16.1 Å². The molecule has 102 valence electrons. The second-order valence-electron chi connectivity index (χ2n) is 5.00. The molecule has 0 amide bonds. The maximum Gasteiger partial charge on any atom is 0.0934 e. The van der Waals surface area contributed by atoms with Gasteiger partial charge in [-0.3, -0.25) is 0 Å². The number of thiazole rings is 1. The average Bonchev–Trinajstić information content (AvgIpc) is 2.81. The zero-order chi connectivity index (χ0) is 13.7. The molecule has 2 rings (SSSR count). The predicted molar refractivity (Wildman–Crippen MR) is 83.0 cm³/mol. The minimum atomic E-state index is 0.506. The summed E-state index contributed by atoms with van der Waals surface area (Å²) in [6.07, 6.45) is 1.02. The second-order valence-corrected chi connectivity index (χ2v) is 5.94. The zero-order valence-electron chi connectivity index (χ0n) is 11.9. The number of aromatic nitrogens is 1. The molecular formula is C16H22N2S. The highest BCUT2D eigenvalue weighted by molar-refractivity contribution is 7.09. The number of hydrogen-bond acceptors (Lipinski definition) is 3. The van der Waals surface area contributed by atoms with E-state index in [1.54, 1.807) is 11.3 Å². The van der Waals surface area contributed by atoms with Crippen molar-refractivity contribution in [2.24, 2.45) is 0 Å². The van der Waals surface area contributed by atoms with Crippen LogP contribution in [-0.2, 0) is 6.42 Å². The lowest BCUT2D eigenvalue weighted by atomic mass is 9.95. The molecule has 0 bridgehead atoms. The average molecular weight is 274 g/mol. The Morgan fingerprint density at radius 3 is 2.53 bits per heavy atom. The van der Waals surface area contributed by atoms with Gasteiger partial charge in [0.05, 0.1) is 5.01 Å². The number of nitrogens with zero attached hydrogens (tertiary/aromatic N) is 1. The standard InChI is InChI=1S/C16H22N2S/c1-4-17-10-15(9-16-18-13(3)11-19-16)14-7-5-12(2)6-8-14/h5-8,11,15,17H,4,9-10H2,1-3H3. The van der Waals surface area contributed by atoms with Crippen LogP contribution in [0, 0.1) is 13.8 Å². The molecule has 1 unspecified atom stereocenters. The third-order valence-electron chi connectivity index (χ3n) is 3.28. The van der Waals surface area contributed by atoms with Gasteiger partial charge in [-0.15, -0.1) is 11.3 Å². The zero-order valence-corrected chi connectivity index (χ0v) is 12.8. The minimum Gasteiger partial charge on any atom is -0.316 e. The van der Waals surface area contributed by atoms with Crippen LogP contribution in [0.4, 0.5) is 0 Å². The Labute approximate surface area is 119 Å². The van der Waals surface area contributed by atoms with Crippen LogP contribution in [0.25, 0.3) is 0 Å². The number of aryl methyl sites for hydroxylation is 2. The van der Waals surface area contributed by atoms with Gasteiger partial charge in [0, 0.05) is 30.0 Å². The Morgan fingerprint density at radius 2 is 1.95 bits per heavy atom. The van der Waals surface area contributed by atoms with Gasteiger partial charge >= 0.3 is 0 Å². The molecule has 1 aromatic carbocycles. The Morgan fingerprint density at radius 1 is 1.21 bits per heavy atom. The van der Waals surface area contributed by atoms with Gasteiger partial charge < -0.3 is 5.32 Å².